The van der Waals surface area contributed by atoms with Crippen LogP contribution in [0, 0.1) is 23.6 Å². The Hall–Kier alpha value is -6.37. The minimum absolute atomic E-state index is 0.0196. The molecule has 18 nitrogen and oxygen atoms in total. The summed E-state index contributed by atoms with van der Waals surface area (Å²) >= 11 is 0. The summed E-state index contributed by atoms with van der Waals surface area (Å²) in [7, 11) is 2.00. The van der Waals surface area contributed by atoms with Crippen LogP contribution in [-0.4, -0.2) is 115 Å². The van der Waals surface area contributed by atoms with E-state index in [0.717, 1.165) is 13.1 Å². The molecule has 19 heteroatoms. The molecule has 362 valence electrons. The minimum atomic E-state index is -0.883. The number of piperazine rings is 1. The molecule has 3 aliphatic rings. The van der Waals surface area contributed by atoms with Gasteiger partial charge in [0.25, 0.3) is 0 Å². The zero-order chi connectivity index (χ0) is 48.5. The van der Waals surface area contributed by atoms with Crippen molar-refractivity contribution < 1.29 is 47.4 Å². The molecule has 6 rings (SSSR count). The summed E-state index contributed by atoms with van der Waals surface area (Å²) in [5.74, 6) is -4.09. The maximum absolute atomic E-state index is 15.8. The van der Waals surface area contributed by atoms with Gasteiger partial charge in [-0.3, -0.25) is 33.7 Å². The highest BCUT2D eigenvalue weighted by Crippen LogP contribution is 2.42. The maximum atomic E-state index is 15.8. The van der Waals surface area contributed by atoms with Crippen LogP contribution >= 0.6 is 0 Å². The zero-order valence-corrected chi connectivity index (χ0v) is 39.0. The van der Waals surface area contributed by atoms with Gasteiger partial charge >= 0.3 is 12.0 Å². The van der Waals surface area contributed by atoms with Crippen molar-refractivity contribution in [2.75, 3.05) is 63.1 Å². The van der Waals surface area contributed by atoms with E-state index < -0.39 is 41.1 Å². The number of benzene rings is 2. The SMILES string of the molecule is CC1CC(=O)N(CCCCCC(=O)N[C@H](C(=O)C[C@@H](CCCNC(N)=O)C(=O)Nc2ccc(COC(=O)c3cn4c5c(c(N6CCN(C)CC6)c(F)cc5c3=O)OCC4C)cc2)C(C)C)C1=O. The molecule has 0 saturated carbocycles. The van der Waals surface area contributed by atoms with Crippen LogP contribution in [0.15, 0.2) is 41.3 Å². The predicted octanol–water partition coefficient (Wildman–Crippen LogP) is 4.26. The molecule has 4 atom stereocenters. The number of esters is 1. The summed E-state index contributed by atoms with van der Waals surface area (Å²) < 4.78 is 29.2. The molecule has 4 heterocycles. The number of nitrogens with zero attached hydrogens (tertiary/aromatic N) is 4. The van der Waals surface area contributed by atoms with E-state index in [2.05, 4.69) is 20.9 Å². The number of imide groups is 1. The van der Waals surface area contributed by atoms with Crippen LogP contribution < -0.4 is 36.7 Å². The van der Waals surface area contributed by atoms with Crippen molar-refractivity contribution in [2.45, 2.75) is 97.8 Å². The Morgan fingerprint density at radius 3 is 2.34 bits per heavy atom. The van der Waals surface area contributed by atoms with Crippen LogP contribution in [0.3, 0.4) is 0 Å². The van der Waals surface area contributed by atoms with E-state index >= 15 is 4.39 Å². The first-order valence-electron chi connectivity index (χ1n) is 23.2. The molecule has 6 amide bonds. The van der Waals surface area contributed by atoms with Crippen molar-refractivity contribution in [3.8, 4) is 5.75 Å². The molecule has 2 fully saturated rings. The van der Waals surface area contributed by atoms with E-state index in [1.807, 2.05) is 18.9 Å². The summed E-state index contributed by atoms with van der Waals surface area (Å²) in [6, 6.07) is 5.81. The number of carbonyl (C=O) groups is 7. The first-order valence-corrected chi connectivity index (χ1v) is 23.2. The number of carbonyl (C=O) groups excluding carboxylic acids is 7. The van der Waals surface area contributed by atoms with Gasteiger partial charge in [-0.25, -0.2) is 14.0 Å². The van der Waals surface area contributed by atoms with Crippen molar-refractivity contribution in [2.24, 2.45) is 23.5 Å². The second-order valence-corrected chi connectivity index (χ2v) is 18.3. The number of pyridine rings is 1. The van der Waals surface area contributed by atoms with Gasteiger partial charge in [-0.2, -0.15) is 0 Å². The summed E-state index contributed by atoms with van der Waals surface area (Å²) in [6.07, 6.45) is 3.86. The third-order valence-electron chi connectivity index (χ3n) is 12.7. The largest absolute Gasteiger partial charge is 0.487 e. The molecule has 2 aromatic carbocycles. The van der Waals surface area contributed by atoms with Gasteiger partial charge in [0.05, 0.1) is 23.0 Å². The van der Waals surface area contributed by atoms with Crippen LogP contribution in [0.2, 0.25) is 0 Å². The lowest BCUT2D eigenvalue weighted by Crippen LogP contribution is -2.45. The number of rotatable bonds is 21. The highest BCUT2D eigenvalue weighted by Gasteiger charge is 2.35. The fourth-order valence-corrected chi connectivity index (χ4v) is 8.77. The lowest BCUT2D eigenvalue weighted by atomic mass is 9.89. The van der Waals surface area contributed by atoms with E-state index in [-0.39, 0.29) is 104 Å². The van der Waals surface area contributed by atoms with E-state index in [9.17, 15) is 38.4 Å². The summed E-state index contributed by atoms with van der Waals surface area (Å²) in [4.78, 5) is 108. The zero-order valence-electron chi connectivity index (χ0n) is 39.0. The van der Waals surface area contributed by atoms with Gasteiger partial charge in [0.15, 0.2) is 17.3 Å². The third-order valence-corrected chi connectivity index (χ3v) is 12.7. The number of amides is 6. The number of aromatic nitrogens is 1. The molecule has 3 aromatic rings. The number of nitrogens with one attached hydrogen (secondary N) is 3. The number of Topliss-reactive ketones (excluding diaryl/α,β-unsaturated/α-hetero) is 1. The molecular formula is C48H63FN8O10. The van der Waals surface area contributed by atoms with Crippen molar-refractivity contribution in [3.63, 3.8) is 0 Å². The summed E-state index contributed by atoms with van der Waals surface area (Å²) in [5.41, 5.74) is 5.98. The van der Waals surface area contributed by atoms with Gasteiger partial charge in [-0.15, -0.1) is 0 Å². The molecule has 1 aromatic heterocycles. The number of likely N-dealkylation sites (N-methyl/N-ethyl adjacent to an activating group) is 1. The number of urea groups is 1. The van der Waals surface area contributed by atoms with Gasteiger partial charge in [0, 0.05) is 82.3 Å². The van der Waals surface area contributed by atoms with Crippen LogP contribution in [0.25, 0.3) is 10.9 Å². The number of halogens is 1. The third kappa shape index (κ3) is 12.4. The first kappa shape index (κ1) is 50.1. The molecular weight excluding hydrogens is 868 g/mol. The molecule has 2 saturated heterocycles. The number of hydrogen-bond acceptors (Lipinski definition) is 12. The number of hydrogen-bond donors (Lipinski definition) is 4. The number of anilines is 2. The predicted molar refractivity (Wildman–Crippen MR) is 248 cm³/mol. The van der Waals surface area contributed by atoms with Gasteiger partial charge in [-0.05, 0) is 69.3 Å². The molecule has 0 aliphatic carbocycles. The normalized spacial score (nSPS) is 18.1. The lowest BCUT2D eigenvalue weighted by Gasteiger charge is -2.37. The molecule has 67 heavy (non-hydrogen) atoms. The summed E-state index contributed by atoms with van der Waals surface area (Å²) in [5, 5.41) is 8.18. The summed E-state index contributed by atoms with van der Waals surface area (Å²) in [6.45, 7) is 10.4. The van der Waals surface area contributed by atoms with Crippen LogP contribution in [0.4, 0.5) is 20.6 Å². The monoisotopic (exact) mass is 930 g/mol. The molecule has 2 unspecified atom stereocenters. The van der Waals surface area contributed by atoms with Crippen molar-refractivity contribution in [3.05, 3.63) is 63.7 Å². The first-order chi connectivity index (χ1) is 31.9. The minimum Gasteiger partial charge on any atom is -0.487 e. The average Bonchev–Trinajstić information content (AvgIpc) is 3.53. The van der Waals surface area contributed by atoms with Gasteiger partial charge in [0.2, 0.25) is 29.1 Å². The quantitative estimate of drug-likeness (QED) is 0.0667. The maximum Gasteiger partial charge on any atom is 0.343 e. The van der Waals surface area contributed by atoms with Gasteiger partial charge in [-0.1, -0.05) is 39.3 Å². The molecule has 0 bridgehead atoms. The Morgan fingerprint density at radius 2 is 1.69 bits per heavy atom. The second kappa shape index (κ2) is 22.4. The van der Waals surface area contributed by atoms with Crippen molar-refractivity contribution in [1.29, 1.82) is 0 Å². The Labute approximate surface area is 389 Å². The number of unbranched alkanes of at least 4 members (excludes halogenated alkanes) is 2. The fourth-order valence-electron chi connectivity index (χ4n) is 8.77. The fraction of sp³-hybridized carbons (Fsp3) is 0.542. The number of ketones is 1. The van der Waals surface area contributed by atoms with Crippen LogP contribution in [0.1, 0.15) is 101 Å². The Balaban J connectivity index is 1.05. The molecule has 5 N–H and O–H groups in total. The van der Waals surface area contributed by atoms with E-state index in [1.54, 1.807) is 49.6 Å². The van der Waals surface area contributed by atoms with E-state index in [4.69, 9.17) is 15.2 Å². The number of ether oxygens (including phenoxy) is 2. The number of likely N-dealkylation sites (tertiary alicyclic amines) is 1. The van der Waals surface area contributed by atoms with Gasteiger partial charge in [0.1, 0.15) is 24.5 Å². The Bertz CT molecular complexity index is 2420. The molecule has 3 aliphatic heterocycles. The lowest BCUT2D eigenvalue weighted by molar-refractivity contribution is -0.139. The average molecular weight is 931 g/mol. The molecule has 0 spiro atoms. The second-order valence-electron chi connectivity index (χ2n) is 18.3. The highest BCUT2D eigenvalue weighted by molar-refractivity contribution is 6.03. The standard InChI is InChI=1S/C48H63FN8O10/c1-28(2)40(53-38(59)11-7-6-8-17-56-39(60)22-29(3)46(56)63)37(58)23-32(10-9-16-51-48(50)65)45(62)52-33-14-12-31(13-15-33)27-67-47(64)35-25-57-30(4)26-66-44-41(57)34(43(35)61)24-36(49)42(44)55-20-18-54(5)19-21-55/h12-15,24-25,28-30,32,40H,6-11,16-23,26-27H2,1-5H3,(H,52,62)(H,53,59)(H3,50,51,65)/t29?,30?,32-,40+/m1/s1. The number of primary amides is 1. The van der Waals surface area contributed by atoms with Gasteiger partial charge < -0.3 is 45.5 Å². The Kier molecular flexibility index (Phi) is 16.7. The number of nitrogens with two attached hydrogens (primary N) is 1. The van der Waals surface area contributed by atoms with Crippen LogP contribution in [0.5, 0.6) is 5.75 Å². The molecule has 0 radical (unpaired) electrons. The highest BCUT2D eigenvalue weighted by atomic mass is 19.1. The van der Waals surface area contributed by atoms with E-state index in [1.165, 1.54) is 17.2 Å². The Morgan fingerprint density at radius 1 is 0.970 bits per heavy atom. The van der Waals surface area contributed by atoms with E-state index in [0.29, 0.717) is 67.8 Å². The van der Waals surface area contributed by atoms with Crippen LogP contribution in [-0.2, 0) is 35.3 Å². The topological polar surface area (TPSA) is 232 Å². The van der Waals surface area contributed by atoms with Crippen molar-refractivity contribution >= 4 is 63.7 Å². The smallest absolute Gasteiger partial charge is 0.343 e. The van der Waals surface area contributed by atoms with Crippen molar-refractivity contribution in [1.82, 2.24) is 25.0 Å².